The van der Waals surface area contributed by atoms with Crippen LogP contribution in [0, 0.1) is 0 Å². The first kappa shape index (κ1) is 17.0. The van der Waals surface area contributed by atoms with Crippen LogP contribution in [-0.2, 0) is 6.42 Å². The van der Waals surface area contributed by atoms with E-state index in [-0.39, 0.29) is 17.4 Å². The summed E-state index contributed by atoms with van der Waals surface area (Å²) in [5.74, 6) is -0.534. The lowest BCUT2D eigenvalue weighted by Gasteiger charge is -2.38. The number of rotatable bonds is 3. The number of nitrogens with one attached hydrogen (secondary N) is 1. The average molecular weight is 360 g/mol. The molecule has 1 aliphatic rings. The molecule has 5 nitrogen and oxygen atoms in total. The van der Waals surface area contributed by atoms with Crippen molar-refractivity contribution >= 4 is 17.3 Å². The molecule has 136 valence electrons. The lowest BCUT2D eigenvalue weighted by Crippen LogP contribution is -2.43. The smallest absolute Gasteiger partial charge is 0.262 e. The lowest BCUT2D eigenvalue weighted by atomic mass is 10.0. The van der Waals surface area contributed by atoms with E-state index in [1.165, 1.54) is 17.7 Å². The maximum Gasteiger partial charge on any atom is 0.262 e. The van der Waals surface area contributed by atoms with Crippen molar-refractivity contribution in [1.82, 2.24) is 0 Å². The Hall–Kier alpha value is -3.47. The number of aryl methyl sites for hydroxylation is 1. The molecule has 0 unspecified atom stereocenters. The van der Waals surface area contributed by atoms with Crippen LogP contribution in [0.1, 0.15) is 34.6 Å². The Morgan fingerprint density at radius 1 is 0.963 bits per heavy atom. The zero-order valence-corrected chi connectivity index (χ0v) is 14.9. The number of anilines is 2. The van der Waals surface area contributed by atoms with E-state index >= 15 is 0 Å². The zero-order chi connectivity index (χ0) is 19.0. The van der Waals surface area contributed by atoms with Gasteiger partial charge in [-0.15, -0.1) is 0 Å². The minimum absolute atomic E-state index is 0.119. The van der Waals surface area contributed by atoms with E-state index in [1.54, 1.807) is 17.0 Å². The summed E-state index contributed by atoms with van der Waals surface area (Å²) in [6.45, 7) is 2.08. The molecule has 3 N–H and O–H groups in total. The molecule has 1 aliphatic heterocycles. The van der Waals surface area contributed by atoms with E-state index < -0.39 is 6.17 Å². The summed E-state index contributed by atoms with van der Waals surface area (Å²) >= 11 is 0. The topological polar surface area (TPSA) is 72.8 Å². The van der Waals surface area contributed by atoms with E-state index in [0.29, 0.717) is 11.1 Å². The summed E-state index contributed by atoms with van der Waals surface area (Å²) < 4.78 is 0. The van der Waals surface area contributed by atoms with Crippen molar-refractivity contribution in [3.63, 3.8) is 0 Å². The van der Waals surface area contributed by atoms with Gasteiger partial charge in [0, 0.05) is 11.4 Å². The molecule has 27 heavy (non-hydrogen) atoms. The molecular weight excluding hydrogens is 340 g/mol. The number of amides is 1. The van der Waals surface area contributed by atoms with Gasteiger partial charge in [0.15, 0.2) is 11.5 Å². The van der Waals surface area contributed by atoms with Crippen molar-refractivity contribution in [3.05, 3.63) is 83.4 Å². The van der Waals surface area contributed by atoms with Gasteiger partial charge in [0.2, 0.25) is 0 Å². The number of hydrogen-bond donors (Lipinski definition) is 3. The Balaban J connectivity index is 1.84. The fraction of sp³-hybridized carbons (Fsp3) is 0.136. The van der Waals surface area contributed by atoms with Crippen LogP contribution in [0.2, 0.25) is 0 Å². The molecule has 0 saturated carbocycles. The predicted molar refractivity (Wildman–Crippen MR) is 105 cm³/mol. The van der Waals surface area contributed by atoms with Crippen LogP contribution in [-0.4, -0.2) is 16.1 Å². The molecule has 0 aliphatic carbocycles. The second-order valence-corrected chi connectivity index (χ2v) is 6.54. The van der Waals surface area contributed by atoms with Gasteiger partial charge >= 0.3 is 0 Å². The standard InChI is InChI=1S/C22H20N2O3/c1-2-14-7-10-16(11-8-14)24-21(15-9-12-19(25)20(26)13-15)23-18-6-4-3-5-17(18)22(24)27/h3-13,21,23,25-26H,2H2,1H3/t21-/m1/s1. The van der Waals surface area contributed by atoms with Gasteiger partial charge in [-0.25, -0.2) is 0 Å². The van der Waals surface area contributed by atoms with Crippen LogP contribution in [0.25, 0.3) is 0 Å². The molecule has 1 amide bonds. The van der Waals surface area contributed by atoms with Crippen molar-refractivity contribution in [3.8, 4) is 11.5 Å². The van der Waals surface area contributed by atoms with E-state index in [4.69, 9.17) is 0 Å². The van der Waals surface area contributed by atoms with Crippen molar-refractivity contribution in [1.29, 1.82) is 0 Å². The molecule has 4 rings (SSSR count). The molecule has 3 aromatic carbocycles. The number of nitrogens with zero attached hydrogens (tertiary/aromatic N) is 1. The van der Waals surface area contributed by atoms with E-state index in [9.17, 15) is 15.0 Å². The SMILES string of the molecule is CCc1ccc(N2C(=O)c3ccccc3N[C@H]2c2ccc(O)c(O)c2)cc1. The predicted octanol–water partition coefficient (Wildman–Crippen LogP) is 4.43. The van der Waals surface area contributed by atoms with Gasteiger partial charge in [0.05, 0.1) is 5.56 Å². The molecule has 0 bridgehead atoms. The number of phenols is 2. The van der Waals surface area contributed by atoms with Crippen LogP contribution in [0.3, 0.4) is 0 Å². The zero-order valence-electron chi connectivity index (χ0n) is 14.9. The first-order valence-electron chi connectivity index (χ1n) is 8.88. The number of aromatic hydroxyl groups is 2. The maximum atomic E-state index is 13.3. The van der Waals surface area contributed by atoms with E-state index in [1.807, 2.05) is 42.5 Å². The molecule has 0 aromatic heterocycles. The monoisotopic (exact) mass is 360 g/mol. The minimum Gasteiger partial charge on any atom is -0.504 e. The highest BCUT2D eigenvalue weighted by Gasteiger charge is 2.34. The van der Waals surface area contributed by atoms with Crippen molar-refractivity contribution in [2.24, 2.45) is 0 Å². The first-order chi connectivity index (χ1) is 13.1. The summed E-state index contributed by atoms with van der Waals surface area (Å²) in [5, 5.41) is 23.0. The number of hydrogen-bond acceptors (Lipinski definition) is 4. The first-order valence-corrected chi connectivity index (χ1v) is 8.88. The summed E-state index contributed by atoms with van der Waals surface area (Å²) in [4.78, 5) is 15.0. The average Bonchev–Trinajstić information content (AvgIpc) is 2.70. The molecule has 0 spiro atoms. The van der Waals surface area contributed by atoms with Crippen molar-refractivity contribution in [2.45, 2.75) is 19.5 Å². The van der Waals surface area contributed by atoms with Crippen molar-refractivity contribution in [2.75, 3.05) is 10.2 Å². The highest BCUT2D eigenvalue weighted by molar-refractivity contribution is 6.12. The number of fused-ring (bicyclic) bond motifs is 1. The number of carbonyl (C=O) groups is 1. The number of para-hydroxylation sites is 1. The summed E-state index contributed by atoms with van der Waals surface area (Å²) in [7, 11) is 0. The number of carbonyl (C=O) groups excluding carboxylic acids is 1. The Morgan fingerprint density at radius 3 is 2.41 bits per heavy atom. The van der Waals surface area contributed by atoms with Gasteiger partial charge in [-0.05, 0) is 53.9 Å². The molecule has 1 heterocycles. The summed E-state index contributed by atoms with van der Waals surface area (Å²) in [5.41, 5.74) is 3.96. The van der Waals surface area contributed by atoms with E-state index in [0.717, 1.165) is 17.8 Å². The van der Waals surface area contributed by atoms with Crippen LogP contribution in [0.15, 0.2) is 66.7 Å². The van der Waals surface area contributed by atoms with Crippen molar-refractivity contribution < 1.29 is 15.0 Å². The van der Waals surface area contributed by atoms with Gasteiger partial charge in [0.25, 0.3) is 5.91 Å². The largest absolute Gasteiger partial charge is 0.504 e. The third-order valence-electron chi connectivity index (χ3n) is 4.86. The summed E-state index contributed by atoms with van der Waals surface area (Å²) in [6, 6.07) is 19.8. The third-order valence-corrected chi connectivity index (χ3v) is 4.86. The Bertz CT molecular complexity index is 999. The molecule has 3 aromatic rings. The third kappa shape index (κ3) is 2.97. The van der Waals surface area contributed by atoms with Gasteiger partial charge in [-0.1, -0.05) is 37.3 Å². The van der Waals surface area contributed by atoms with Gasteiger partial charge in [-0.3, -0.25) is 9.69 Å². The highest BCUT2D eigenvalue weighted by atomic mass is 16.3. The fourth-order valence-electron chi connectivity index (χ4n) is 3.36. The van der Waals surface area contributed by atoms with Gasteiger partial charge in [-0.2, -0.15) is 0 Å². The molecule has 5 heteroatoms. The lowest BCUT2D eigenvalue weighted by molar-refractivity contribution is 0.0975. The van der Waals surface area contributed by atoms with Crippen LogP contribution in [0.4, 0.5) is 11.4 Å². The Labute approximate surface area is 157 Å². The molecule has 0 fully saturated rings. The number of benzene rings is 3. The highest BCUT2D eigenvalue weighted by Crippen LogP contribution is 2.38. The Kier molecular flexibility index (Phi) is 4.20. The normalized spacial score (nSPS) is 16.0. The Morgan fingerprint density at radius 2 is 1.70 bits per heavy atom. The molecule has 0 saturated heterocycles. The second kappa shape index (κ2) is 6.68. The quantitative estimate of drug-likeness (QED) is 0.604. The summed E-state index contributed by atoms with van der Waals surface area (Å²) in [6.07, 6.45) is 0.413. The molecular formula is C22H20N2O3. The number of phenolic OH excluding ortho intramolecular Hbond substituents is 2. The minimum atomic E-state index is -0.508. The van der Waals surface area contributed by atoms with Crippen LogP contribution in [0.5, 0.6) is 11.5 Å². The molecule has 1 atom stereocenters. The van der Waals surface area contributed by atoms with Gasteiger partial charge < -0.3 is 15.5 Å². The van der Waals surface area contributed by atoms with Gasteiger partial charge in [0.1, 0.15) is 6.17 Å². The van der Waals surface area contributed by atoms with E-state index in [2.05, 4.69) is 12.2 Å². The second-order valence-electron chi connectivity index (χ2n) is 6.54. The van der Waals surface area contributed by atoms with Crippen LogP contribution < -0.4 is 10.2 Å². The molecule has 0 radical (unpaired) electrons. The van der Waals surface area contributed by atoms with Crippen LogP contribution >= 0.6 is 0 Å². The fourth-order valence-corrected chi connectivity index (χ4v) is 3.36. The maximum absolute atomic E-state index is 13.3.